The van der Waals surface area contributed by atoms with Gasteiger partial charge in [0.15, 0.2) is 17.3 Å². The molecule has 0 aliphatic carbocycles. The van der Waals surface area contributed by atoms with Crippen molar-refractivity contribution in [2.45, 2.75) is 39.0 Å². The lowest BCUT2D eigenvalue weighted by Crippen LogP contribution is -2.30. The number of hydrogen-bond donors (Lipinski definition) is 0. The van der Waals surface area contributed by atoms with Gasteiger partial charge in [-0.1, -0.05) is 0 Å². The maximum Gasteiger partial charge on any atom is 0.414 e. The summed E-state index contributed by atoms with van der Waals surface area (Å²) in [5, 5.41) is 0.480. The van der Waals surface area contributed by atoms with E-state index >= 15 is 8.78 Å². The molecule has 5 rings (SSSR count). The van der Waals surface area contributed by atoms with Crippen LogP contribution in [0.15, 0.2) is 33.7 Å². The van der Waals surface area contributed by atoms with Gasteiger partial charge in [-0.15, -0.1) is 0 Å². The number of hydrogen-bond acceptors (Lipinski definition) is 6. The average molecular weight is 550 g/mol. The first-order valence-electron chi connectivity index (χ1n) is 11.2. The zero-order valence-corrected chi connectivity index (χ0v) is 20.4. The van der Waals surface area contributed by atoms with Gasteiger partial charge in [0.25, 0.3) is 5.56 Å². The number of ether oxygens (including phenoxy) is 1. The third-order valence-corrected chi connectivity index (χ3v) is 6.75. The molecule has 35 heavy (non-hydrogen) atoms. The molecule has 2 aliphatic heterocycles. The summed E-state index contributed by atoms with van der Waals surface area (Å²) in [5.74, 6) is -1.65. The largest absolute Gasteiger partial charge is 0.444 e. The Morgan fingerprint density at radius 2 is 1.80 bits per heavy atom. The number of amides is 1. The number of rotatable bonds is 5. The number of benzene rings is 1. The van der Waals surface area contributed by atoms with Gasteiger partial charge in [0.2, 0.25) is 0 Å². The molecule has 1 saturated heterocycles. The zero-order chi connectivity index (χ0) is 24.9. The molecule has 12 heteroatoms. The Labute approximate surface area is 207 Å². The predicted molar refractivity (Wildman–Crippen MR) is 128 cm³/mol. The van der Waals surface area contributed by atoms with E-state index in [0.29, 0.717) is 28.5 Å². The molecule has 0 unspecified atom stereocenters. The van der Waals surface area contributed by atoms with Crippen LogP contribution in [0.3, 0.4) is 0 Å². The molecule has 2 aromatic heterocycles. The standard InChI is InChI=1S/C23H22BrF2N5O4/c1-13(32)2-3-16-12-29(23(34)35-16)15-9-18(25)20(19(26)10-15)28-4-6-30-21-17(8-14(24)11-27-21)22(33)31(30)7-5-28/h8-11,16H,2-7,12H2,1H3/t16-/m0/s1. The van der Waals surface area contributed by atoms with Crippen molar-refractivity contribution < 1.29 is 23.1 Å². The van der Waals surface area contributed by atoms with Crippen LogP contribution in [-0.4, -0.2) is 52.0 Å². The van der Waals surface area contributed by atoms with Crippen molar-refractivity contribution in [3.63, 3.8) is 0 Å². The van der Waals surface area contributed by atoms with Gasteiger partial charge in [0, 0.05) is 42.3 Å². The van der Waals surface area contributed by atoms with Crippen LogP contribution >= 0.6 is 15.9 Å². The number of halogens is 3. The second-order valence-electron chi connectivity index (χ2n) is 8.68. The van der Waals surface area contributed by atoms with Crippen LogP contribution in [-0.2, 0) is 22.6 Å². The van der Waals surface area contributed by atoms with E-state index < -0.39 is 23.8 Å². The number of aromatic nitrogens is 3. The molecule has 2 aliphatic rings. The van der Waals surface area contributed by atoms with E-state index in [0.717, 1.165) is 12.1 Å². The fraction of sp³-hybridized carbons (Fsp3) is 0.391. The summed E-state index contributed by atoms with van der Waals surface area (Å²) in [5.41, 5.74) is 0.146. The third-order valence-electron chi connectivity index (χ3n) is 6.32. The summed E-state index contributed by atoms with van der Waals surface area (Å²) in [6.07, 6.45) is 1.000. The number of cyclic esters (lactones) is 1. The van der Waals surface area contributed by atoms with Crippen molar-refractivity contribution in [1.82, 2.24) is 14.3 Å². The number of pyridine rings is 1. The Kier molecular flexibility index (Phi) is 6.07. The van der Waals surface area contributed by atoms with Crippen molar-refractivity contribution in [3.8, 4) is 0 Å². The zero-order valence-electron chi connectivity index (χ0n) is 18.8. The Morgan fingerprint density at radius 3 is 2.49 bits per heavy atom. The number of ketones is 1. The van der Waals surface area contributed by atoms with Crippen molar-refractivity contribution in [1.29, 1.82) is 0 Å². The highest BCUT2D eigenvalue weighted by molar-refractivity contribution is 9.10. The quantitative estimate of drug-likeness (QED) is 0.484. The highest BCUT2D eigenvalue weighted by Gasteiger charge is 2.34. The van der Waals surface area contributed by atoms with Crippen LogP contribution in [0, 0.1) is 11.6 Å². The molecule has 1 amide bonds. The fourth-order valence-corrected chi connectivity index (χ4v) is 4.96. The Morgan fingerprint density at radius 1 is 1.11 bits per heavy atom. The van der Waals surface area contributed by atoms with Crippen LogP contribution in [0.1, 0.15) is 19.8 Å². The number of nitrogens with zero attached hydrogens (tertiary/aromatic N) is 5. The molecular formula is C23H22BrF2N5O4. The third kappa shape index (κ3) is 4.30. The lowest BCUT2D eigenvalue weighted by Gasteiger charge is -2.24. The molecule has 1 atom stereocenters. The van der Waals surface area contributed by atoms with Crippen molar-refractivity contribution in [3.05, 3.63) is 50.9 Å². The Hall–Kier alpha value is -3.28. The molecule has 0 spiro atoms. The minimum absolute atomic E-state index is 0.0241. The molecule has 0 radical (unpaired) electrons. The average Bonchev–Trinajstić information content (AvgIpc) is 3.20. The number of fused-ring (bicyclic) bond motifs is 3. The summed E-state index contributed by atoms with van der Waals surface area (Å²) in [7, 11) is 0. The molecule has 9 nitrogen and oxygen atoms in total. The maximum atomic E-state index is 15.2. The minimum Gasteiger partial charge on any atom is -0.444 e. The number of carbonyl (C=O) groups is 2. The van der Waals surface area contributed by atoms with E-state index in [-0.39, 0.29) is 55.3 Å². The van der Waals surface area contributed by atoms with E-state index in [1.807, 2.05) is 0 Å². The van der Waals surface area contributed by atoms with Gasteiger partial charge in [-0.2, -0.15) is 0 Å². The topological polar surface area (TPSA) is 89.7 Å². The molecule has 0 N–H and O–H groups in total. The first kappa shape index (κ1) is 23.5. The fourth-order valence-electron chi connectivity index (χ4n) is 4.63. The van der Waals surface area contributed by atoms with Gasteiger partial charge in [-0.25, -0.2) is 23.2 Å². The van der Waals surface area contributed by atoms with Gasteiger partial charge in [0.1, 0.15) is 17.6 Å². The summed E-state index contributed by atoms with van der Waals surface area (Å²) >= 11 is 3.32. The number of carbonyl (C=O) groups excluding carboxylic acids is 2. The van der Waals surface area contributed by atoms with Crippen molar-refractivity contribution in [2.75, 3.05) is 29.4 Å². The van der Waals surface area contributed by atoms with E-state index in [4.69, 9.17) is 4.74 Å². The van der Waals surface area contributed by atoms with E-state index in [9.17, 15) is 14.4 Å². The highest BCUT2D eigenvalue weighted by atomic mass is 79.9. The lowest BCUT2D eigenvalue weighted by atomic mass is 10.1. The Bertz CT molecular complexity index is 1380. The lowest BCUT2D eigenvalue weighted by molar-refractivity contribution is -0.117. The first-order valence-corrected chi connectivity index (χ1v) is 12.0. The predicted octanol–water partition coefficient (Wildman–Crippen LogP) is 3.45. The molecule has 184 valence electrons. The van der Waals surface area contributed by atoms with Crippen LogP contribution in [0.2, 0.25) is 0 Å². The van der Waals surface area contributed by atoms with E-state index in [1.54, 1.807) is 21.8 Å². The second kappa shape index (κ2) is 9.06. The van der Waals surface area contributed by atoms with Crippen LogP contribution in [0.5, 0.6) is 0 Å². The number of Topliss-reactive ketones (excluding diaryl/α,β-unsaturated/α-hetero) is 1. The summed E-state index contributed by atoms with van der Waals surface area (Å²) in [4.78, 5) is 43.4. The smallest absolute Gasteiger partial charge is 0.414 e. The van der Waals surface area contributed by atoms with Crippen LogP contribution < -0.4 is 15.4 Å². The minimum atomic E-state index is -0.814. The number of anilines is 2. The molecular weight excluding hydrogens is 528 g/mol. The molecule has 0 bridgehead atoms. The van der Waals surface area contributed by atoms with Gasteiger partial charge in [0.05, 0.1) is 30.7 Å². The van der Waals surface area contributed by atoms with Gasteiger partial charge in [-0.3, -0.25) is 14.4 Å². The molecule has 1 aromatic carbocycles. The maximum absolute atomic E-state index is 15.2. The van der Waals surface area contributed by atoms with Gasteiger partial charge in [-0.05, 0) is 35.3 Å². The van der Waals surface area contributed by atoms with Gasteiger partial charge >= 0.3 is 6.09 Å². The molecule has 1 fully saturated rings. The highest BCUT2D eigenvalue weighted by Crippen LogP contribution is 2.32. The van der Waals surface area contributed by atoms with Gasteiger partial charge < -0.3 is 14.4 Å². The normalized spacial score (nSPS) is 18.1. The van der Waals surface area contributed by atoms with E-state index in [1.165, 1.54) is 16.5 Å². The Balaban J connectivity index is 1.37. The van der Waals surface area contributed by atoms with Crippen LogP contribution in [0.4, 0.5) is 25.0 Å². The first-order chi connectivity index (χ1) is 16.7. The van der Waals surface area contributed by atoms with Crippen molar-refractivity contribution >= 4 is 50.2 Å². The summed E-state index contributed by atoms with van der Waals surface area (Å²) in [6, 6.07) is 3.93. The molecule has 4 heterocycles. The molecule has 0 saturated carbocycles. The SMILES string of the molecule is CC(=O)CC[C@H]1CN(c2cc(F)c(N3CCn4c(=O)c5cc(Br)cnc5n4CC3)c(F)c2)C(=O)O1. The second-order valence-corrected chi connectivity index (χ2v) is 9.59. The van der Waals surface area contributed by atoms with E-state index in [2.05, 4.69) is 20.9 Å². The molecule has 3 aromatic rings. The van der Waals surface area contributed by atoms with Crippen LogP contribution in [0.25, 0.3) is 11.0 Å². The summed E-state index contributed by atoms with van der Waals surface area (Å²) < 4.78 is 39.6. The summed E-state index contributed by atoms with van der Waals surface area (Å²) in [6.45, 7) is 2.57. The monoisotopic (exact) mass is 549 g/mol. The van der Waals surface area contributed by atoms with Crippen molar-refractivity contribution in [2.24, 2.45) is 0 Å².